The van der Waals surface area contributed by atoms with E-state index in [1.807, 2.05) is 0 Å². The summed E-state index contributed by atoms with van der Waals surface area (Å²) in [5.74, 6) is -1.74. The molecule has 0 fully saturated rings. The van der Waals surface area contributed by atoms with Gasteiger partial charge in [0, 0.05) is 11.1 Å². The van der Waals surface area contributed by atoms with Gasteiger partial charge in [-0.1, -0.05) is 11.2 Å². The molecule has 2 N–H and O–H groups in total. The molecular weight excluding hydrogens is 426 g/mol. The van der Waals surface area contributed by atoms with Crippen molar-refractivity contribution in [2.24, 2.45) is 0 Å². The number of benzene rings is 1. The Kier molecular flexibility index (Phi) is 4.78. The number of aromatic nitrogens is 1. The van der Waals surface area contributed by atoms with Gasteiger partial charge in [-0.3, -0.25) is 9.59 Å². The van der Waals surface area contributed by atoms with Crippen LogP contribution < -0.4 is 10.0 Å². The highest BCUT2D eigenvalue weighted by atomic mass is 32.2. The average molecular weight is 451 g/mol. The number of sulfonamides is 1. The number of rotatable bonds is 6. The van der Waals surface area contributed by atoms with Crippen LogP contribution in [0.15, 0.2) is 33.0 Å². The zero-order valence-electron chi connectivity index (χ0n) is 19.9. The summed E-state index contributed by atoms with van der Waals surface area (Å²) in [6.07, 6.45) is 0. The minimum absolute atomic E-state index is 0.0626. The van der Waals surface area contributed by atoms with Crippen molar-refractivity contribution in [2.45, 2.75) is 39.5 Å². The first kappa shape index (κ1) is 17.8. The maximum Gasteiger partial charge on any atom is 0.267 e. The fourth-order valence-corrected chi connectivity index (χ4v) is 5.01. The third kappa shape index (κ3) is 4.14. The fourth-order valence-electron chi connectivity index (χ4n) is 2.75. The molecule has 8 nitrogen and oxygen atoms in total. The van der Waals surface area contributed by atoms with Crippen molar-refractivity contribution in [3.05, 3.63) is 56.4 Å². The van der Waals surface area contributed by atoms with Gasteiger partial charge in [0.15, 0.2) is 8.61 Å². The molecule has 2 aromatic heterocycles. The van der Waals surface area contributed by atoms with E-state index in [9.17, 15) is 18.0 Å². The van der Waals surface area contributed by atoms with Crippen LogP contribution >= 0.6 is 11.3 Å². The van der Waals surface area contributed by atoms with Crippen molar-refractivity contribution in [3.63, 3.8) is 0 Å². The third-order valence-electron chi connectivity index (χ3n) is 4.39. The molecule has 0 saturated heterocycles. The molecular formula is C20H21N3O5S2. The topological polar surface area (TPSA) is 118 Å². The van der Waals surface area contributed by atoms with Gasteiger partial charge in [-0.15, -0.1) is 11.3 Å². The van der Waals surface area contributed by atoms with Crippen molar-refractivity contribution in [2.75, 3.05) is 10.0 Å². The quantitative estimate of drug-likeness (QED) is 0.543. The fraction of sp³-hybridized carbons (Fsp3) is 0.250. The molecule has 0 spiro atoms. The largest absolute Gasteiger partial charge is 0.337 e. The van der Waals surface area contributed by atoms with Crippen molar-refractivity contribution in [3.8, 4) is 0 Å². The lowest BCUT2D eigenvalue weighted by molar-refractivity contribution is 0.101. The number of carbonyl (C=O) groups excluding carboxylic acids is 2. The number of hydrogen-bond acceptors (Lipinski definition) is 7. The van der Waals surface area contributed by atoms with Gasteiger partial charge in [0.1, 0.15) is 9.77 Å². The summed E-state index contributed by atoms with van der Waals surface area (Å²) in [6.45, 7) is 7.57. The Morgan fingerprint density at radius 2 is 1.97 bits per heavy atom. The molecule has 0 atom stereocenters. The summed E-state index contributed by atoms with van der Waals surface area (Å²) in [5, 5.41) is 5.43. The monoisotopic (exact) mass is 450 g/mol. The lowest BCUT2D eigenvalue weighted by atomic mass is 10.0. The van der Waals surface area contributed by atoms with E-state index >= 15 is 0 Å². The molecule has 1 amide bonds. The standard InChI is InChI=1S/C20H21N3O5S2/c1-10-8-11(2)17(15(9-10)14(5)24)21-19(25)18-16(6-7-29-18)30(26,27)23-20-12(3)13(4)22-28-20/h6-9,23H,1-5H3,(H,21,25)/i8D/hD2. The van der Waals surface area contributed by atoms with Crippen LogP contribution in [0.5, 0.6) is 0 Å². The molecule has 0 aliphatic rings. The number of anilines is 2. The smallest absolute Gasteiger partial charge is 0.267 e. The van der Waals surface area contributed by atoms with Crippen molar-refractivity contribution in [1.82, 2.24) is 5.16 Å². The molecule has 0 bridgehead atoms. The summed E-state index contributed by atoms with van der Waals surface area (Å²) < 4.78 is 56.1. The van der Waals surface area contributed by atoms with Crippen molar-refractivity contribution in [1.29, 1.82) is 0 Å². The summed E-state index contributed by atoms with van der Waals surface area (Å²) in [4.78, 5) is 24.6. The van der Waals surface area contributed by atoms with E-state index in [0.717, 1.165) is 17.4 Å². The number of Topliss-reactive ketones (excluding diaryl/α,β-unsaturated/α-hetero) is 1. The minimum Gasteiger partial charge on any atom is -0.337 e. The molecule has 3 rings (SSSR count). The average Bonchev–Trinajstić information content (AvgIpc) is 3.38. The lowest BCUT2D eigenvalue weighted by Crippen LogP contribution is -2.20. The van der Waals surface area contributed by atoms with Gasteiger partial charge in [-0.2, -0.15) is 0 Å². The first-order valence-corrected chi connectivity index (χ1v) is 11.1. The molecule has 2 heterocycles. The normalized spacial score (nSPS) is 12.8. The highest BCUT2D eigenvalue weighted by molar-refractivity contribution is 7.93. The summed E-state index contributed by atoms with van der Waals surface area (Å²) >= 11 is 0.779. The van der Waals surface area contributed by atoms with E-state index < -0.39 is 26.6 Å². The number of nitrogens with zero attached hydrogens (tertiary/aromatic N) is 1. The maximum absolute atomic E-state index is 13.2. The Labute approximate surface area is 182 Å². The first-order chi connectivity index (χ1) is 15.3. The predicted molar refractivity (Wildman–Crippen MR) is 115 cm³/mol. The highest BCUT2D eigenvalue weighted by Crippen LogP contribution is 2.29. The first-order valence-electron chi connectivity index (χ1n) is 10.2. The van der Waals surface area contributed by atoms with Crippen LogP contribution in [0.1, 0.15) is 50.7 Å². The van der Waals surface area contributed by atoms with Crippen LogP contribution in [-0.4, -0.2) is 25.3 Å². The molecule has 0 aliphatic carbocycles. The van der Waals surface area contributed by atoms with Gasteiger partial charge in [-0.25, -0.2) is 13.1 Å². The van der Waals surface area contributed by atoms with Gasteiger partial charge in [0.05, 0.1) is 12.8 Å². The molecule has 10 heteroatoms. The molecule has 1 aromatic carbocycles. The van der Waals surface area contributed by atoms with Gasteiger partial charge in [0.25, 0.3) is 15.9 Å². The number of thiophene rings is 1. The highest BCUT2D eigenvalue weighted by Gasteiger charge is 2.27. The number of carbonyl (C=O) groups is 2. The van der Waals surface area contributed by atoms with E-state index in [-0.39, 0.29) is 38.3 Å². The molecule has 158 valence electrons. The Morgan fingerprint density at radius 3 is 2.57 bits per heavy atom. The molecule has 0 unspecified atom stereocenters. The summed E-state index contributed by atoms with van der Waals surface area (Å²) in [6, 6.07) is 2.65. The molecule has 0 saturated carbocycles. The van der Waals surface area contributed by atoms with Crippen LogP contribution in [0, 0.1) is 27.7 Å². The van der Waals surface area contributed by atoms with Crippen LogP contribution in [0.25, 0.3) is 0 Å². The van der Waals surface area contributed by atoms with Crippen molar-refractivity contribution < 1.29 is 26.7 Å². The molecule has 30 heavy (non-hydrogen) atoms. The summed E-state index contributed by atoms with van der Waals surface area (Å²) in [5.41, 5.74) is 1.48. The van der Waals surface area contributed by atoms with E-state index in [1.165, 1.54) is 25.3 Å². The van der Waals surface area contributed by atoms with E-state index in [0.29, 0.717) is 22.1 Å². The number of ketones is 1. The Bertz CT molecular complexity index is 1380. The SMILES string of the molecule is [2H]c1c(C)cc(C(C)=O)c(N([2H])C(=O)c2sccc2S(=O)(=O)N([2H])c2onc(C)c2C)c1C. The Morgan fingerprint density at radius 1 is 1.27 bits per heavy atom. The van der Waals surface area contributed by atoms with Gasteiger partial charge in [0.2, 0.25) is 5.88 Å². The zero-order chi connectivity index (χ0) is 24.8. The summed E-state index contributed by atoms with van der Waals surface area (Å²) in [7, 11) is -4.56. The Hall–Kier alpha value is -2.98. The molecule has 0 aliphatic heterocycles. The second-order valence-corrected chi connectivity index (χ2v) is 9.18. The zero-order valence-corrected chi connectivity index (χ0v) is 18.6. The van der Waals surface area contributed by atoms with Gasteiger partial charge in [-0.05, 0) is 63.3 Å². The van der Waals surface area contributed by atoms with Crippen LogP contribution in [-0.2, 0) is 10.0 Å². The van der Waals surface area contributed by atoms with Crippen LogP contribution in [0.3, 0.4) is 0 Å². The number of aryl methyl sites for hydroxylation is 2. The molecule has 0 radical (unpaired) electrons. The van der Waals surface area contributed by atoms with Gasteiger partial charge >= 0.3 is 0 Å². The predicted octanol–water partition coefficient (Wildman–Crippen LogP) is 4.23. The Balaban J connectivity index is 2.09. The van der Waals surface area contributed by atoms with Crippen molar-refractivity contribution >= 4 is 44.6 Å². The number of hydrogen-bond donors (Lipinski definition) is 2. The van der Waals surface area contributed by atoms with E-state index in [2.05, 4.69) is 5.16 Å². The van der Waals surface area contributed by atoms with E-state index in [1.54, 1.807) is 20.8 Å². The third-order valence-corrected chi connectivity index (χ3v) is 6.72. The number of amides is 1. The molecule has 3 aromatic rings. The second kappa shape index (κ2) is 8.04. The van der Waals surface area contributed by atoms with E-state index in [4.69, 9.17) is 8.72 Å². The number of nitrogens with one attached hydrogen (secondary N) is 2. The lowest BCUT2D eigenvalue weighted by Gasteiger charge is -2.14. The maximum atomic E-state index is 13.2. The minimum atomic E-state index is -4.56. The van der Waals surface area contributed by atoms with Gasteiger partial charge < -0.3 is 9.83 Å². The second-order valence-electron chi connectivity index (χ2n) is 6.69. The van der Waals surface area contributed by atoms with Crippen LogP contribution in [0.4, 0.5) is 11.6 Å². The van der Waals surface area contributed by atoms with Crippen LogP contribution in [0.2, 0.25) is 2.82 Å².